The van der Waals surface area contributed by atoms with Gasteiger partial charge in [-0.1, -0.05) is 0 Å². The molecule has 0 aromatic heterocycles. The fraction of sp³-hybridized carbons (Fsp3) is 1.00. The quantitative estimate of drug-likeness (QED) is 0.390. The molecule has 0 aliphatic carbocycles. The Hall–Kier alpha value is 0.930. The zero-order chi connectivity index (χ0) is 7.69. The Morgan fingerprint density at radius 2 is 1.60 bits per heavy atom. The van der Waals surface area contributed by atoms with Gasteiger partial charge < -0.3 is 0 Å². The second-order valence-electron chi connectivity index (χ2n) is 2.89. The van der Waals surface area contributed by atoms with Crippen molar-refractivity contribution in [3.8, 4) is 0 Å². The summed E-state index contributed by atoms with van der Waals surface area (Å²) < 4.78 is 0. The molecule has 1 saturated heterocycles. The monoisotopic (exact) mass is 202 g/mol. The van der Waals surface area contributed by atoms with Crippen molar-refractivity contribution in [2.45, 2.75) is 19.3 Å². The van der Waals surface area contributed by atoms with Crippen LogP contribution in [0.4, 0.5) is 0 Å². The summed E-state index contributed by atoms with van der Waals surface area (Å²) in [5.41, 5.74) is -2.60. The second-order valence-corrected chi connectivity index (χ2v) is 12.0. The molecule has 0 bridgehead atoms. The first-order valence-corrected chi connectivity index (χ1v) is 7.90. The minimum absolute atomic E-state index is 0.866. The first-order valence-electron chi connectivity index (χ1n) is 3.48. The molecule has 3 N–H and O–H groups in total. The predicted octanol–water partition coefficient (Wildman–Crippen LogP) is 2.41. The van der Waals surface area contributed by atoms with E-state index in [2.05, 4.69) is 5.20 Å². The minimum atomic E-state index is -2.60. The molecule has 10 heavy (non-hydrogen) atoms. The zero-order valence-electron chi connectivity index (χ0n) is 5.82. The molecule has 0 unspecified atom stereocenters. The summed E-state index contributed by atoms with van der Waals surface area (Å²) in [6, 6.07) is 0. The molecule has 0 atom stereocenters. The maximum atomic E-state index is 6.17. The Kier molecular flexibility index (Phi) is 2.49. The SMILES string of the molecule is NNP1(Cl)(Cl)CCCCC1. The van der Waals surface area contributed by atoms with Crippen LogP contribution in [-0.2, 0) is 0 Å². The summed E-state index contributed by atoms with van der Waals surface area (Å²) in [6.45, 7) is 0. The van der Waals surface area contributed by atoms with Gasteiger partial charge >= 0.3 is 70.6 Å². The summed E-state index contributed by atoms with van der Waals surface area (Å²) in [6.07, 6.45) is 5.18. The van der Waals surface area contributed by atoms with E-state index in [1.807, 2.05) is 0 Å². The molecule has 0 saturated carbocycles. The van der Waals surface area contributed by atoms with E-state index < -0.39 is 5.46 Å². The molecule has 0 aromatic rings. The number of hydrazine groups is 1. The van der Waals surface area contributed by atoms with Gasteiger partial charge in [0.2, 0.25) is 0 Å². The molecule has 0 aromatic carbocycles. The molecule has 2 nitrogen and oxygen atoms in total. The number of nitrogens with two attached hydrogens (primary N) is 1. The van der Waals surface area contributed by atoms with Crippen LogP contribution >= 0.6 is 27.9 Å². The van der Waals surface area contributed by atoms with E-state index in [1.54, 1.807) is 0 Å². The van der Waals surface area contributed by atoms with Crippen molar-refractivity contribution in [3.05, 3.63) is 0 Å². The van der Waals surface area contributed by atoms with E-state index in [1.165, 1.54) is 6.42 Å². The van der Waals surface area contributed by atoms with Crippen LogP contribution in [0.5, 0.6) is 0 Å². The molecule has 5 heteroatoms. The Morgan fingerprint density at radius 3 is 1.90 bits per heavy atom. The van der Waals surface area contributed by atoms with E-state index >= 15 is 0 Å². The van der Waals surface area contributed by atoms with Gasteiger partial charge in [0.25, 0.3) is 0 Å². The average molecular weight is 203 g/mol. The van der Waals surface area contributed by atoms with Gasteiger partial charge in [-0.2, -0.15) is 0 Å². The van der Waals surface area contributed by atoms with Crippen LogP contribution in [0.15, 0.2) is 0 Å². The van der Waals surface area contributed by atoms with Crippen molar-refractivity contribution in [3.63, 3.8) is 0 Å². The first kappa shape index (κ1) is 9.02. The van der Waals surface area contributed by atoms with E-state index in [0.29, 0.717) is 0 Å². The fourth-order valence-electron chi connectivity index (χ4n) is 1.26. The number of halogens is 2. The maximum absolute atomic E-state index is 6.17. The van der Waals surface area contributed by atoms with E-state index in [9.17, 15) is 0 Å². The molecular weight excluding hydrogens is 190 g/mol. The van der Waals surface area contributed by atoms with Crippen LogP contribution < -0.4 is 11.0 Å². The molecule has 1 heterocycles. The predicted molar refractivity (Wildman–Crippen MR) is 49.5 cm³/mol. The van der Waals surface area contributed by atoms with Crippen molar-refractivity contribution in [2.24, 2.45) is 5.84 Å². The second kappa shape index (κ2) is 2.76. The van der Waals surface area contributed by atoms with E-state index in [0.717, 1.165) is 25.2 Å². The van der Waals surface area contributed by atoms with Gasteiger partial charge in [0.1, 0.15) is 0 Å². The van der Waals surface area contributed by atoms with Gasteiger partial charge in [0.15, 0.2) is 0 Å². The summed E-state index contributed by atoms with van der Waals surface area (Å²) >= 11 is 12.3. The topological polar surface area (TPSA) is 38.0 Å². The van der Waals surface area contributed by atoms with Crippen LogP contribution in [0, 0.1) is 0 Å². The molecule has 1 aliphatic heterocycles. The van der Waals surface area contributed by atoms with Crippen molar-refractivity contribution >= 4 is 27.9 Å². The van der Waals surface area contributed by atoms with Crippen molar-refractivity contribution in [1.29, 1.82) is 0 Å². The summed E-state index contributed by atoms with van der Waals surface area (Å²) in [5.74, 6) is 5.32. The fourth-order valence-corrected chi connectivity index (χ4v) is 4.87. The van der Waals surface area contributed by atoms with Gasteiger partial charge in [0.05, 0.1) is 0 Å². The van der Waals surface area contributed by atoms with Crippen molar-refractivity contribution in [1.82, 2.24) is 5.20 Å². The standard InChI is InChI=1S/C5H13Cl2N2P/c6-10(7,9-8)4-2-1-3-5-10/h9H,1-5,8H2. The van der Waals surface area contributed by atoms with Crippen LogP contribution in [-0.4, -0.2) is 12.3 Å². The molecule has 0 spiro atoms. The van der Waals surface area contributed by atoms with Crippen LogP contribution in [0.1, 0.15) is 19.3 Å². The van der Waals surface area contributed by atoms with Crippen LogP contribution in [0.25, 0.3) is 0 Å². The number of hydrogen-bond donors (Lipinski definition) is 2. The average Bonchev–Trinajstić information content (AvgIpc) is 1.89. The molecule has 1 aliphatic rings. The molecule has 62 valence electrons. The third-order valence-corrected chi connectivity index (χ3v) is 7.54. The normalized spacial score (nSPS) is 34.1. The van der Waals surface area contributed by atoms with Gasteiger partial charge in [-0.05, 0) is 0 Å². The third kappa shape index (κ3) is 1.96. The van der Waals surface area contributed by atoms with Gasteiger partial charge in [-0.3, -0.25) is 0 Å². The summed E-state index contributed by atoms with van der Waals surface area (Å²) in [7, 11) is 0. The van der Waals surface area contributed by atoms with Crippen LogP contribution in [0.2, 0.25) is 0 Å². The van der Waals surface area contributed by atoms with Crippen molar-refractivity contribution < 1.29 is 0 Å². The Bertz CT molecular complexity index is 130. The third-order valence-electron chi connectivity index (χ3n) is 1.97. The number of hydrogen-bond acceptors (Lipinski definition) is 2. The molecule has 0 amide bonds. The molecule has 1 fully saturated rings. The number of nitrogens with one attached hydrogen (secondary N) is 1. The first-order chi connectivity index (χ1) is 4.55. The van der Waals surface area contributed by atoms with Gasteiger partial charge in [-0.15, -0.1) is 0 Å². The van der Waals surface area contributed by atoms with Gasteiger partial charge in [-0.25, -0.2) is 0 Å². The van der Waals surface area contributed by atoms with E-state index in [4.69, 9.17) is 28.3 Å². The van der Waals surface area contributed by atoms with E-state index in [-0.39, 0.29) is 0 Å². The molecule has 1 rings (SSSR count). The molecular formula is C5H13Cl2N2P. The molecule has 0 radical (unpaired) electrons. The summed E-state index contributed by atoms with van der Waals surface area (Å²) in [5, 5.41) is 2.62. The number of rotatable bonds is 1. The Morgan fingerprint density at radius 1 is 1.10 bits per heavy atom. The van der Waals surface area contributed by atoms with Crippen molar-refractivity contribution in [2.75, 3.05) is 12.3 Å². The Balaban J connectivity index is 2.63. The zero-order valence-corrected chi connectivity index (χ0v) is 8.22. The Labute approximate surface area is 71.0 Å². The van der Waals surface area contributed by atoms with Crippen LogP contribution in [0.3, 0.4) is 0 Å². The van der Waals surface area contributed by atoms with Gasteiger partial charge in [0, 0.05) is 0 Å². The summed E-state index contributed by atoms with van der Waals surface area (Å²) in [4.78, 5) is 0.